The molecule has 0 bridgehead atoms. The van der Waals surface area contributed by atoms with Crippen LogP contribution in [0.5, 0.6) is 11.5 Å². The van der Waals surface area contributed by atoms with Gasteiger partial charge in [-0.05, 0) is 36.2 Å². The highest BCUT2D eigenvalue weighted by Gasteiger charge is 2.10. The second-order valence-electron chi connectivity index (χ2n) is 4.57. The molecule has 20 heavy (non-hydrogen) atoms. The molecule has 0 aliphatic rings. The van der Waals surface area contributed by atoms with Crippen molar-refractivity contribution in [1.82, 2.24) is 0 Å². The van der Waals surface area contributed by atoms with Crippen molar-refractivity contribution in [1.29, 1.82) is 0 Å². The summed E-state index contributed by atoms with van der Waals surface area (Å²) in [6.45, 7) is 3.26. The van der Waals surface area contributed by atoms with Gasteiger partial charge in [0.2, 0.25) is 0 Å². The number of benzene rings is 2. The lowest BCUT2D eigenvalue weighted by Crippen LogP contribution is -2.18. The van der Waals surface area contributed by atoms with E-state index in [0.29, 0.717) is 6.54 Å². The van der Waals surface area contributed by atoms with E-state index in [1.54, 1.807) is 0 Å². The van der Waals surface area contributed by atoms with Gasteiger partial charge >= 0.3 is 0 Å². The van der Waals surface area contributed by atoms with Crippen molar-refractivity contribution >= 4 is 0 Å². The fraction of sp³-hybridized carbons (Fsp3) is 0.294. The molecule has 0 spiro atoms. The first-order chi connectivity index (χ1) is 9.83. The van der Waals surface area contributed by atoms with Crippen molar-refractivity contribution in [3.63, 3.8) is 0 Å². The summed E-state index contributed by atoms with van der Waals surface area (Å²) < 4.78 is 11.5. The van der Waals surface area contributed by atoms with E-state index < -0.39 is 0 Å². The van der Waals surface area contributed by atoms with E-state index in [-0.39, 0.29) is 6.10 Å². The number of rotatable bonds is 7. The van der Waals surface area contributed by atoms with Gasteiger partial charge in [-0.15, -0.1) is 0 Å². The maximum absolute atomic E-state index is 5.93. The molecule has 0 radical (unpaired) electrons. The van der Waals surface area contributed by atoms with Gasteiger partial charge in [0.25, 0.3) is 0 Å². The van der Waals surface area contributed by atoms with Crippen LogP contribution in [0.4, 0.5) is 0 Å². The largest absolute Gasteiger partial charge is 0.494 e. The topological polar surface area (TPSA) is 44.5 Å². The maximum Gasteiger partial charge on any atom is 0.136 e. The van der Waals surface area contributed by atoms with Crippen LogP contribution < -0.4 is 15.2 Å². The molecule has 2 rings (SSSR count). The molecule has 2 aromatic carbocycles. The third-order valence-electron chi connectivity index (χ3n) is 2.96. The second kappa shape index (κ2) is 7.56. The molecule has 0 saturated carbocycles. The van der Waals surface area contributed by atoms with Gasteiger partial charge in [-0.3, -0.25) is 0 Å². The smallest absolute Gasteiger partial charge is 0.136 e. The molecule has 3 nitrogen and oxygen atoms in total. The molecule has 106 valence electrons. The van der Waals surface area contributed by atoms with E-state index in [1.165, 1.54) is 0 Å². The maximum atomic E-state index is 5.93. The van der Waals surface area contributed by atoms with Crippen molar-refractivity contribution in [3.8, 4) is 11.5 Å². The van der Waals surface area contributed by atoms with Crippen molar-refractivity contribution in [3.05, 3.63) is 60.2 Å². The van der Waals surface area contributed by atoms with Crippen molar-refractivity contribution in [2.75, 3.05) is 13.2 Å². The normalized spacial score (nSPS) is 11.9. The summed E-state index contributed by atoms with van der Waals surface area (Å²) in [5, 5.41) is 0. The molecule has 0 fully saturated rings. The third-order valence-corrected chi connectivity index (χ3v) is 2.96. The van der Waals surface area contributed by atoms with Crippen LogP contribution in [0.1, 0.15) is 25.0 Å². The SMILES string of the molecule is CCCOc1ccc(OC(CN)c2ccccc2)cc1. The minimum atomic E-state index is -0.126. The highest BCUT2D eigenvalue weighted by Crippen LogP contribution is 2.23. The van der Waals surface area contributed by atoms with Gasteiger partial charge < -0.3 is 15.2 Å². The van der Waals surface area contributed by atoms with E-state index in [1.807, 2.05) is 54.6 Å². The minimum absolute atomic E-state index is 0.126. The van der Waals surface area contributed by atoms with Crippen LogP contribution in [-0.4, -0.2) is 13.2 Å². The summed E-state index contributed by atoms with van der Waals surface area (Å²) in [4.78, 5) is 0. The summed E-state index contributed by atoms with van der Waals surface area (Å²) in [5.74, 6) is 1.66. The average Bonchev–Trinajstić information content (AvgIpc) is 2.52. The molecule has 1 unspecified atom stereocenters. The van der Waals surface area contributed by atoms with Crippen LogP contribution >= 0.6 is 0 Å². The monoisotopic (exact) mass is 271 g/mol. The van der Waals surface area contributed by atoms with E-state index in [2.05, 4.69) is 6.92 Å². The molecule has 2 N–H and O–H groups in total. The lowest BCUT2D eigenvalue weighted by atomic mass is 10.1. The molecule has 0 saturated heterocycles. The first kappa shape index (κ1) is 14.4. The Kier molecular flexibility index (Phi) is 5.44. The summed E-state index contributed by atoms with van der Waals surface area (Å²) in [6, 6.07) is 17.7. The Hall–Kier alpha value is -2.00. The molecule has 0 aliphatic heterocycles. The number of nitrogens with two attached hydrogens (primary N) is 1. The Balaban J connectivity index is 2.01. The van der Waals surface area contributed by atoms with Crippen LogP contribution in [-0.2, 0) is 0 Å². The highest BCUT2D eigenvalue weighted by atomic mass is 16.5. The Bertz CT molecular complexity index is 496. The van der Waals surface area contributed by atoms with Crippen LogP contribution in [0.25, 0.3) is 0 Å². The fourth-order valence-corrected chi connectivity index (χ4v) is 1.92. The summed E-state index contributed by atoms with van der Waals surface area (Å²) >= 11 is 0. The zero-order valence-corrected chi connectivity index (χ0v) is 11.8. The Morgan fingerprint density at radius 2 is 1.60 bits per heavy atom. The summed E-state index contributed by atoms with van der Waals surface area (Å²) in [5.41, 5.74) is 6.88. The molecule has 2 aromatic rings. The lowest BCUT2D eigenvalue weighted by Gasteiger charge is -2.18. The zero-order valence-electron chi connectivity index (χ0n) is 11.8. The lowest BCUT2D eigenvalue weighted by molar-refractivity contribution is 0.214. The third kappa shape index (κ3) is 4.00. The van der Waals surface area contributed by atoms with Gasteiger partial charge in [0, 0.05) is 6.54 Å². The van der Waals surface area contributed by atoms with Crippen LogP contribution in [0.2, 0.25) is 0 Å². The highest BCUT2D eigenvalue weighted by molar-refractivity contribution is 5.32. The quantitative estimate of drug-likeness (QED) is 0.837. The molecule has 0 aromatic heterocycles. The van der Waals surface area contributed by atoms with E-state index in [9.17, 15) is 0 Å². The average molecular weight is 271 g/mol. The predicted molar refractivity (Wildman–Crippen MR) is 81.1 cm³/mol. The minimum Gasteiger partial charge on any atom is -0.494 e. The predicted octanol–water partition coefficient (Wildman–Crippen LogP) is 3.55. The number of hydrogen-bond acceptors (Lipinski definition) is 3. The van der Waals surface area contributed by atoms with Crippen LogP contribution in [0, 0.1) is 0 Å². The van der Waals surface area contributed by atoms with Gasteiger partial charge in [-0.1, -0.05) is 37.3 Å². The zero-order chi connectivity index (χ0) is 14.2. The van der Waals surface area contributed by atoms with Crippen LogP contribution in [0.3, 0.4) is 0 Å². The summed E-state index contributed by atoms with van der Waals surface area (Å²) in [6.07, 6.45) is 0.875. The van der Waals surface area contributed by atoms with Crippen molar-refractivity contribution < 1.29 is 9.47 Å². The first-order valence-electron chi connectivity index (χ1n) is 6.98. The van der Waals surface area contributed by atoms with Crippen molar-refractivity contribution in [2.24, 2.45) is 5.73 Å². The van der Waals surface area contributed by atoms with Crippen LogP contribution in [0.15, 0.2) is 54.6 Å². The molecule has 0 heterocycles. The molecular weight excluding hydrogens is 250 g/mol. The van der Waals surface area contributed by atoms with Gasteiger partial charge in [-0.2, -0.15) is 0 Å². The Labute approximate surface area is 120 Å². The molecule has 3 heteroatoms. The molecule has 1 atom stereocenters. The fourth-order valence-electron chi connectivity index (χ4n) is 1.92. The van der Waals surface area contributed by atoms with E-state index >= 15 is 0 Å². The number of hydrogen-bond donors (Lipinski definition) is 1. The van der Waals surface area contributed by atoms with E-state index in [0.717, 1.165) is 30.1 Å². The molecular formula is C17H21NO2. The van der Waals surface area contributed by atoms with E-state index in [4.69, 9.17) is 15.2 Å². The Morgan fingerprint density at radius 3 is 2.20 bits per heavy atom. The standard InChI is InChI=1S/C17H21NO2/c1-2-12-19-15-8-10-16(11-9-15)20-17(13-18)14-6-4-3-5-7-14/h3-11,17H,2,12-13,18H2,1H3. The van der Waals surface area contributed by atoms with Gasteiger partial charge in [0.1, 0.15) is 17.6 Å². The first-order valence-corrected chi connectivity index (χ1v) is 6.98. The molecule has 0 amide bonds. The number of ether oxygens (including phenoxy) is 2. The van der Waals surface area contributed by atoms with Crippen molar-refractivity contribution in [2.45, 2.75) is 19.4 Å². The van der Waals surface area contributed by atoms with Gasteiger partial charge in [0.05, 0.1) is 6.61 Å². The van der Waals surface area contributed by atoms with Gasteiger partial charge in [0.15, 0.2) is 0 Å². The molecule has 0 aliphatic carbocycles. The summed E-state index contributed by atoms with van der Waals surface area (Å²) in [7, 11) is 0. The second-order valence-corrected chi connectivity index (χ2v) is 4.57. The van der Waals surface area contributed by atoms with Gasteiger partial charge in [-0.25, -0.2) is 0 Å². The Morgan fingerprint density at radius 1 is 0.950 bits per heavy atom.